The van der Waals surface area contributed by atoms with Gasteiger partial charge >= 0.3 is 17.9 Å². The van der Waals surface area contributed by atoms with E-state index in [1.807, 2.05) is 0 Å². The first-order chi connectivity index (χ1) is 17.3. The van der Waals surface area contributed by atoms with Crippen molar-refractivity contribution >= 4 is 52.7 Å². The van der Waals surface area contributed by atoms with Gasteiger partial charge in [-0.3, -0.25) is 0 Å². The minimum absolute atomic E-state index is 0.140. The van der Waals surface area contributed by atoms with Crippen LogP contribution in [0.2, 0.25) is 15.1 Å². The Bertz CT molecular complexity index is 1340. The largest absolute Gasteiger partial charge is 0.419 e. The molecule has 0 atom stereocenters. The number of ether oxygens (including phenoxy) is 3. The highest BCUT2D eigenvalue weighted by molar-refractivity contribution is 6.31. The molecule has 4 aromatic rings. The molecule has 0 saturated heterocycles. The molecule has 180 valence electrons. The van der Waals surface area contributed by atoms with Crippen molar-refractivity contribution in [3.05, 3.63) is 123 Å². The second-order valence-corrected chi connectivity index (χ2v) is 8.58. The zero-order valence-electron chi connectivity index (χ0n) is 18.2. The smallest absolute Gasteiger partial charge is 0.343 e. The summed E-state index contributed by atoms with van der Waals surface area (Å²) in [5.41, 5.74) is 0.587. The summed E-state index contributed by atoms with van der Waals surface area (Å²) < 4.78 is 16.5. The van der Waals surface area contributed by atoms with E-state index in [0.29, 0.717) is 15.1 Å². The van der Waals surface area contributed by atoms with Crippen molar-refractivity contribution in [2.24, 2.45) is 0 Å². The lowest BCUT2D eigenvalue weighted by Gasteiger charge is -2.15. The van der Waals surface area contributed by atoms with Crippen LogP contribution >= 0.6 is 34.8 Å². The van der Waals surface area contributed by atoms with Gasteiger partial charge < -0.3 is 14.2 Å². The third-order valence-electron chi connectivity index (χ3n) is 4.78. The fraction of sp³-hybridized carbons (Fsp3) is 0. The molecule has 6 nitrogen and oxygen atoms in total. The summed E-state index contributed by atoms with van der Waals surface area (Å²) in [5.74, 6) is -2.81. The predicted octanol–water partition coefficient (Wildman–Crippen LogP) is 7.30. The molecule has 0 radical (unpaired) electrons. The lowest BCUT2D eigenvalue weighted by Crippen LogP contribution is -2.15. The summed E-state index contributed by atoms with van der Waals surface area (Å²) in [6, 6.07) is 22.3. The van der Waals surface area contributed by atoms with E-state index in [0.717, 1.165) is 0 Å². The number of halogens is 3. The topological polar surface area (TPSA) is 78.9 Å². The monoisotopic (exact) mass is 540 g/mol. The van der Waals surface area contributed by atoms with Crippen molar-refractivity contribution in [2.45, 2.75) is 0 Å². The highest BCUT2D eigenvalue weighted by Crippen LogP contribution is 2.39. The van der Waals surface area contributed by atoms with Crippen LogP contribution in [0.4, 0.5) is 0 Å². The van der Waals surface area contributed by atoms with E-state index in [9.17, 15) is 14.4 Å². The molecular formula is C27H15Cl3O6. The lowest BCUT2D eigenvalue weighted by molar-refractivity contribution is 0.0657. The Balaban J connectivity index is 1.67. The van der Waals surface area contributed by atoms with E-state index in [1.54, 1.807) is 0 Å². The van der Waals surface area contributed by atoms with E-state index in [2.05, 4.69) is 0 Å². The van der Waals surface area contributed by atoms with Gasteiger partial charge in [0.1, 0.15) is 0 Å². The molecule has 0 fully saturated rings. The Kier molecular flexibility index (Phi) is 7.90. The van der Waals surface area contributed by atoms with E-state index in [-0.39, 0.29) is 33.9 Å². The molecule has 0 bridgehead atoms. The molecule has 4 aromatic carbocycles. The molecule has 0 aliphatic carbocycles. The van der Waals surface area contributed by atoms with Gasteiger partial charge in [0, 0.05) is 15.1 Å². The predicted molar refractivity (Wildman–Crippen MR) is 136 cm³/mol. The van der Waals surface area contributed by atoms with Gasteiger partial charge in [-0.2, -0.15) is 0 Å². The number of hydrogen-bond donors (Lipinski definition) is 0. The van der Waals surface area contributed by atoms with Crippen molar-refractivity contribution in [1.29, 1.82) is 0 Å². The zero-order chi connectivity index (χ0) is 25.7. The second-order valence-electron chi connectivity index (χ2n) is 7.27. The molecule has 0 aromatic heterocycles. The number of hydrogen-bond acceptors (Lipinski definition) is 6. The summed E-state index contributed by atoms with van der Waals surface area (Å²) in [7, 11) is 0. The third-order valence-corrected chi connectivity index (χ3v) is 5.54. The second kappa shape index (κ2) is 11.3. The summed E-state index contributed by atoms with van der Waals surface area (Å²) in [6.07, 6.45) is 0. The number of carbonyl (C=O) groups is 3. The van der Waals surface area contributed by atoms with Crippen LogP contribution in [0.3, 0.4) is 0 Å². The van der Waals surface area contributed by atoms with E-state index >= 15 is 0 Å². The number of para-hydroxylation sites is 1. The molecule has 0 saturated carbocycles. The number of carbonyl (C=O) groups excluding carboxylic acids is 3. The molecule has 0 amide bonds. The van der Waals surface area contributed by atoms with Gasteiger partial charge in [0.2, 0.25) is 5.75 Å². The minimum atomic E-state index is -0.787. The Labute approximate surface area is 220 Å². The van der Waals surface area contributed by atoms with Gasteiger partial charge in [0.05, 0.1) is 16.7 Å². The molecule has 0 spiro atoms. The zero-order valence-corrected chi connectivity index (χ0v) is 20.5. The third kappa shape index (κ3) is 6.23. The summed E-state index contributed by atoms with van der Waals surface area (Å²) in [4.78, 5) is 38.3. The molecule has 0 unspecified atom stereocenters. The fourth-order valence-corrected chi connectivity index (χ4v) is 3.36. The quantitative estimate of drug-likeness (QED) is 0.188. The van der Waals surface area contributed by atoms with Crippen molar-refractivity contribution < 1.29 is 28.6 Å². The normalized spacial score (nSPS) is 10.4. The maximum atomic E-state index is 12.8. The van der Waals surface area contributed by atoms with Crippen LogP contribution in [0.15, 0.2) is 91.0 Å². The Morgan fingerprint density at radius 3 is 1.08 bits per heavy atom. The van der Waals surface area contributed by atoms with Crippen LogP contribution in [-0.2, 0) is 0 Å². The van der Waals surface area contributed by atoms with Crippen LogP contribution in [0.25, 0.3) is 0 Å². The number of rotatable bonds is 6. The van der Waals surface area contributed by atoms with Crippen LogP contribution in [0.5, 0.6) is 17.2 Å². The molecule has 0 heterocycles. The molecule has 0 aliphatic rings. The van der Waals surface area contributed by atoms with Crippen molar-refractivity contribution in [3.63, 3.8) is 0 Å². The van der Waals surface area contributed by atoms with Crippen LogP contribution < -0.4 is 14.2 Å². The van der Waals surface area contributed by atoms with Gasteiger partial charge in [-0.15, -0.1) is 0 Å². The van der Waals surface area contributed by atoms with Gasteiger partial charge in [0.25, 0.3) is 0 Å². The molecule has 9 heteroatoms. The summed E-state index contributed by atoms with van der Waals surface area (Å²) in [6.45, 7) is 0. The van der Waals surface area contributed by atoms with Crippen LogP contribution in [0.1, 0.15) is 31.1 Å². The standard InChI is InChI=1S/C27H15Cl3O6/c28-19-10-4-16(5-11-19)25(31)34-22-2-1-3-23(35-26(32)17-6-12-20(29)13-7-17)24(22)36-27(33)18-8-14-21(30)15-9-18/h1-15H. The van der Waals surface area contributed by atoms with Crippen molar-refractivity contribution in [1.82, 2.24) is 0 Å². The lowest BCUT2D eigenvalue weighted by atomic mass is 10.2. The maximum Gasteiger partial charge on any atom is 0.343 e. The summed E-state index contributed by atoms with van der Waals surface area (Å²) in [5, 5.41) is 1.32. The molecule has 36 heavy (non-hydrogen) atoms. The molecular weight excluding hydrogens is 527 g/mol. The Morgan fingerprint density at radius 2 is 0.750 bits per heavy atom. The average molecular weight is 542 g/mol. The van der Waals surface area contributed by atoms with Gasteiger partial charge in [0.15, 0.2) is 11.5 Å². The Hall–Kier alpha value is -3.84. The minimum Gasteiger partial charge on any atom is -0.419 e. The van der Waals surface area contributed by atoms with E-state index < -0.39 is 17.9 Å². The van der Waals surface area contributed by atoms with Gasteiger partial charge in [-0.1, -0.05) is 40.9 Å². The van der Waals surface area contributed by atoms with E-state index in [1.165, 1.54) is 91.0 Å². The summed E-state index contributed by atoms with van der Waals surface area (Å²) >= 11 is 17.7. The first kappa shape index (κ1) is 25.3. The first-order valence-electron chi connectivity index (χ1n) is 10.4. The highest BCUT2D eigenvalue weighted by atomic mass is 35.5. The van der Waals surface area contributed by atoms with Crippen LogP contribution in [-0.4, -0.2) is 17.9 Å². The average Bonchev–Trinajstić information content (AvgIpc) is 2.87. The van der Waals surface area contributed by atoms with E-state index in [4.69, 9.17) is 49.0 Å². The Morgan fingerprint density at radius 1 is 0.444 bits per heavy atom. The molecule has 4 rings (SSSR count). The molecule has 0 aliphatic heterocycles. The highest BCUT2D eigenvalue weighted by Gasteiger charge is 2.23. The SMILES string of the molecule is O=C(Oc1cccc(OC(=O)c2ccc(Cl)cc2)c1OC(=O)c1ccc(Cl)cc1)c1ccc(Cl)cc1. The maximum absolute atomic E-state index is 12.8. The number of esters is 3. The fourth-order valence-electron chi connectivity index (χ4n) is 2.98. The first-order valence-corrected chi connectivity index (χ1v) is 11.5. The van der Waals surface area contributed by atoms with Crippen LogP contribution in [0, 0.1) is 0 Å². The van der Waals surface area contributed by atoms with Gasteiger partial charge in [-0.25, -0.2) is 14.4 Å². The molecule has 0 N–H and O–H groups in total. The number of benzene rings is 4. The van der Waals surface area contributed by atoms with Crippen molar-refractivity contribution in [2.75, 3.05) is 0 Å². The van der Waals surface area contributed by atoms with Crippen molar-refractivity contribution in [3.8, 4) is 17.2 Å². The van der Waals surface area contributed by atoms with Gasteiger partial charge in [-0.05, 0) is 84.9 Å².